The number of nitrogens with two attached hydrogens (primary N) is 1. The maximum atomic E-state index is 10.8. The van der Waals surface area contributed by atoms with Crippen LogP contribution >= 0.6 is 0 Å². The molecule has 0 atom stereocenters. The number of ether oxygens (including phenoxy) is 1. The van der Waals surface area contributed by atoms with E-state index in [2.05, 4.69) is 0 Å². The van der Waals surface area contributed by atoms with Gasteiger partial charge in [-0.3, -0.25) is 0 Å². The van der Waals surface area contributed by atoms with Crippen molar-refractivity contribution in [2.45, 2.75) is 25.9 Å². The van der Waals surface area contributed by atoms with E-state index in [-0.39, 0.29) is 6.10 Å². The molecule has 98 valence electrons. The number of carbonyl (C=O) groups is 1. The summed E-state index contributed by atoms with van der Waals surface area (Å²) in [5, 5.41) is 8.85. The Morgan fingerprint density at radius 2 is 2.11 bits per heavy atom. The number of benzene rings is 1. The molecule has 1 saturated heterocycles. The first kappa shape index (κ1) is 12.5. The number of likely N-dealkylation sites (tertiary alicyclic amines) is 1. The van der Waals surface area contributed by atoms with E-state index in [1.807, 2.05) is 25.1 Å². The minimum atomic E-state index is -0.850. The summed E-state index contributed by atoms with van der Waals surface area (Å²) < 4.78 is 5.84. The maximum Gasteiger partial charge on any atom is 0.407 e. The molecule has 1 aromatic carbocycles. The van der Waals surface area contributed by atoms with Gasteiger partial charge >= 0.3 is 6.09 Å². The van der Waals surface area contributed by atoms with E-state index in [1.54, 1.807) is 0 Å². The Morgan fingerprint density at radius 3 is 2.67 bits per heavy atom. The first-order valence-corrected chi connectivity index (χ1v) is 6.07. The Bertz CT molecular complexity index is 440. The number of piperidine rings is 1. The third-order valence-corrected chi connectivity index (χ3v) is 3.26. The fraction of sp³-hybridized carbons (Fsp3) is 0.462. The first-order chi connectivity index (χ1) is 8.56. The van der Waals surface area contributed by atoms with Crippen LogP contribution in [0, 0.1) is 6.92 Å². The van der Waals surface area contributed by atoms with Gasteiger partial charge < -0.3 is 20.5 Å². The van der Waals surface area contributed by atoms with Gasteiger partial charge in [0.05, 0.1) is 0 Å². The van der Waals surface area contributed by atoms with E-state index < -0.39 is 6.09 Å². The molecule has 2 rings (SSSR count). The number of nitrogen functional groups attached to an aromatic ring is 1. The van der Waals surface area contributed by atoms with Gasteiger partial charge in [0.25, 0.3) is 0 Å². The van der Waals surface area contributed by atoms with Crippen molar-refractivity contribution >= 4 is 11.8 Å². The number of carboxylic acid groups (broad SMARTS) is 1. The molecule has 1 aromatic rings. The molecule has 0 aliphatic carbocycles. The fourth-order valence-corrected chi connectivity index (χ4v) is 2.08. The summed E-state index contributed by atoms with van der Waals surface area (Å²) in [6, 6.07) is 5.60. The summed E-state index contributed by atoms with van der Waals surface area (Å²) in [4.78, 5) is 12.2. The molecule has 0 saturated carbocycles. The summed E-state index contributed by atoms with van der Waals surface area (Å²) in [6.45, 7) is 3.01. The summed E-state index contributed by atoms with van der Waals surface area (Å²) in [5.74, 6) is 0.801. The highest BCUT2D eigenvalue weighted by molar-refractivity contribution is 5.65. The molecule has 1 aliphatic rings. The monoisotopic (exact) mass is 250 g/mol. The molecular weight excluding hydrogens is 232 g/mol. The van der Waals surface area contributed by atoms with Gasteiger partial charge in [0.15, 0.2) is 0 Å². The largest absolute Gasteiger partial charge is 0.490 e. The number of aryl methyl sites for hydroxylation is 1. The second-order valence-electron chi connectivity index (χ2n) is 4.61. The Kier molecular flexibility index (Phi) is 3.60. The average Bonchev–Trinajstić information content (AvgIpc) is 2.34. The van der Waals surface area contributed by atoms with E-state index >= 15 is 0 Å². The second-order valence-corrected chi connectivity index (χ2v) is 4.61. The zero-order valence-electron chi connectivity index (χ0n) is 10.4. The van der Waals surface area contributed by atoms with Crippen molar-refractivity contribution in [2.24, 2.45) is 0 Å². The van der Waals surface area contributed by atoms with Gasteiger partial charge in [0, 0.05) is 31.6 Å². The van der Waals surface area contributed by atoms with Gasteiger partial charge in [-0.15, -0.1) is 0 Å². The van der Waals surface area contributed by atoms with Crippen LogP contribution in [0.15, 0.2) is 18.2 Å². The lowest BCUT2D eigenvalue weighted by Gasteiger charge is -2.30. The maximum absolute atomic E-state index is 10.8. The SMILES string of the molecule is Cc1cc(OC2CCN(C(=O)O)CC2)ccc1N. The van der Waals surface area contributed by atoms with E-state index in [1.165, 1.54) is 4.90 Å². The second kappa shape index (κ2) is 5.16. The van der Waals surface area contributed by atoms with E-state index in [9.17, 15) is 4.79 Å². The topological polar surface area (TPSA) is 75.8 Å². The summed E-state index contributed by atoms with van der Waals surface area (Å²) in [7, 11) is 0. The van der Waals surface area contributed by atoms with Crippen LogP contribution in [0.3, 0.4) is 0 Å². The minimum absolute atomic E-state index is 0.0867. The number of hydrogen-bond acceptors (Lipinski definition) is 3. The molecule has 1 amide bonds. The Morgan fingerprint density at radius 1 is 1.44 bits per heavy atom. The molecule has 0 radical (unpaired) electrons. The fourth-order valence-electron chi connectivity index (χ4n) is 2.08. The molecule has 1 fully saturated rings. The molecule has 1 heterocycles. The third-order valence-electron chi connectivity index (χ3n) is 3.26. The van der Waals surface area contributed by atoms with Crippen molar-refractivity contribution in [1.29, 1.82) is 0 Å². The molecule has 0 unspecified atom stereocenters. The van der Waals surface area contributed by atoms with Crippen LogP contribution in [-0.2, 0) is 0 Å². The van der Waals surface area contributed by atoms with Crippen LogP contribution in [0.25, 0.3) is 0 Å². The predicted octanol–water partition coefficient (Wildman–Crippen LogP) is 2.10. The van der Waals surface area contributed by atoms with Gasteiger partial charge in [-0.05, 0) is 30.7 Å². The average molecular weight is 250 g/mol. The zero-order chi connectivity index (χ0) is 13.1. The lowest BCUT2D eigenvalue weighted by atomic mass is 10.1. The quantitative estimate of drug-likeness (QED) is 0.788. The number of anilines is 1. The standard InChI is InChI=1S/C13H18N2O3/c1-9-8-11(2-3-12(9)14)18-10-4-6-15(7-5-10)13(16)17/h2-3,8,10H,4-7,14H2,1H3,(H,16,17). The van der Waals surface area contributed by atoms with Gasteiger partial charge in [-0.2, -0.15) is 0 Å². The summed E-state index contributed by atoms with van der Waals surface area (Å²) >= 11 is 0. The minimum Gasteiger partial charge on any atom is -0.490 e. The molecule has 0 bridgehead atoms. The van der Waals surface area contributed by atoms with Gasteiger partial charge in [-0.1, -0.05) is 0 Å². The van der Waals surface area contributed by atoms with Crippen molar-refractivity contribution in [3.05, 3.63) is 23.8 Å². The van der Waals surface area contributed by atoms with Crippen LogP contribution in [0.5, 0.6) is 5.75 Å². The Balaban J connectivity index is 1.91. The Hall–Kier alpha value is -1.91. The lowest BCUT2D eigenvalue weighted by molar-refractivity contribution is 0.0894. The Labute approximate surface area is 106 Å². The van der Waals surface area contributed by atoms with E-state index in [0.29, 0.717) is 13.1 Å². The highest BCUT2D eigenvalue weighted by Crippen LogP contribution is 2.22. The highest BCUT2D eigenvalue weighted by Gasteiger charge is 2.23. The van der Waals surface area contributed by atoms with Crippen molar-refractivity contribution < 1.29 is 14.6 Å². The van der Waals surface area contributed by atoms with Gasteiger partial charge in [-0.25, -0.2) is 4.79 Å². The predicted molar refractivity (Wildman–Crippen MR) is 68.8 cm³/mol. The smallest absolute Gasteiger partial charge is 0.407 e. The molecule has 5 heteroatoms. The van der Waals surface area contributed by atoms with Crippen LogP contribution in [0.4, 0.5) is 10.5 Å². The van der Waals surface area contributed by atoms with Gasteiger partial charge in [0.1, 0.15) is 11.9 Å². The van der Waals surface area contributed by atoms with E-state index in [4.69, 9.17) is 15.6 Å². The molecule has 1 aliphatic heterocycles. The van der Waals surface area contributed by atoms with E-state index in [0.717, 1.165) is 29.8 Å². The first-order valence-electron chi connectivity index (χ1n) is 6.07. The lowest BCUT2D eigenvalue weighted by Crippen LogP contribution is -2.41. The normalized spacial score (nSPS) is 16.6. The number of nitrogens with zero attached hydrogens (tertiary/aromatic N) is 1. The molecule has 5 nitrogen and oxygen atoms in total. The summed E-state index contributed by atoms with van der Waals surface area (Å²) in [6.07, 6.45) is 0.700. The van der Waals surface area contributed by atoms with Crippen molar-refractivity contribution in [3.8, 4) is 5.75 Å². The third kappa shape index (κ3) is 2.85. The number of rotatable bonds is 2. The van der Waals surface area contributed by atoms with Gasteiger partial charge in [0.2, 0.25) is 0 Å². The van der Waals surface area contributed by atoms with Crippen molar-refractivity contribution in [2.75, 3.05) is 18.8 Å². The van der Waals surface area contributed by atoms with Crippen molar-refractivity contribution in [1.82, 2.24) is 4.90 Å². The number of hydrogen-bond donors (Lipinski definition) is 2. The zero-order valence-corrected chi connectivity index (χ0v) is 10.4. The molecule has 18 heavy (non-hydrogen) atoms. The van der Waals surface area contributed by atoms with Crippen LogP contribution in [0.1, 0.15) is 18.4 Å². The molecular formula is C13H18N2O3. The van der Waals surface area contributed by atoms with Crippen LogP contribution in [-0.4, -0.2) is 35.3 Å². The molecule has 0 aromatic heterocycles. The highest BCUT2D eigenvalue weighted by atomic mass is 16.5. The molecule has 3 N–H and O–H groups in total. The summed E-state index contributed by atoms with van der Waals surface area (Å²) in [5.41, 5.74) is 7.49. The van der Waals surface area contributed by atoms with Crippen molar-refractivity contribution in [3.63, 3.8) is 0 Å². The van der Waals surface area contributed by atoms with Crippen LogP contribution < -0.4 is 10.5 Å². The van der Waals surface area contributed by atoms with Crippen LogP contribution in [0.2, 0.25) is 0 Å². The molecule has 0 spiro atoms. The number of amides is 1.